The maximum absolute atomic E-state index is 11.9. The van der Waals surface area contributed by atoms with Crippen molar-refractivity contribution in [1.29, 1.82) is 0 Å². The first kappa shape index (κ1) is 15.5. The predicted molar refractivity (Wildman–Crippen MR) is 76.9 cm³/mol. The molecule has 2 amide bonds. The lowest BCUT2D eigenvalue weighted by atomic mass is 10.0. The van der Waals surface area contributed by atoms with Gasteiger partial charge < -0.3 is 15.3 Å². The molecule has 1 rings (SSSR count). The first-order valence-corrected chi connectivity index (χ1v) is 6.86. The maximum Gasteiger partial charge on any atom is 0.317 e. The summed E-state index contributed by atoms with van der Waals surface area (Å²) in [6, 6.07) is 9.37. The Kier molecular flexibility index (Phi) is 6.36. The number of rotatable bonds is 6. The fourth-order valence-electron chi connectivity index (χ4n) is 2.02. The fourth-order valence-corrected chi connectivity index (χ4v) is 2.02. The summed E-state index contributed by atoms with van der Waals surface area (Å²) in [5.74, 6) is 0. The second-order valence-corrected chi connectivity index (χ2v) is 4.69. The normalized spacial score (nSPS) is 13.7. The molecule has 4 nitrogen and oxygen atoms in total. The Morgan fingerprint density at radius 3 is 2.37 bits per heavy atom. The van der Waals surface area contributed by atoms with Gasteiger partial charge in [-0.2, -0.15) is 0 Å². The number of nitrogens with zero attached hydrogens (tertiary/aromatic N) is 1. The summed E-state index contributed by atoms with van der Waals surface area (Å²) in [4.78, 5) is 13.6. The number of urea groups is 1. The molecule has 1 aromatic rings. The van der Waals surface area contributed by atoms with Crippen LogP contribution in [-0.4, -0.2) is 35.2 Å². The van der Waals surface area contributed by atoms with Crippen molar-refractivity contribution in [3.05, 3.63) is 35.9 Å². The van der Waals surface area contributed by atoms with Gasteiger partial charge in [0.15, 0.2) is 0 Å². The second kappa shape index (κ2) is 7.79. The van der Waals surface area contributed by atoms with Crippen molar-refractivity contribution in [2.24, 2.45) is 0 Å². The van der Waals surface area contributed by atoms with Crippen molar-refractivity contribution in [2.75, 3.05) is 13.1 Å². The molecule has 0 aliphatic carbocycles. The highest BCUT2D eigenvalue weighted by Crippen LogP contribution is 2.17. The van der Waals surface area contributed by atoms with E-state index in [1.54, 1.807) is 4.90 Å². The Balaban J connectivity index is 2.47. The summed E-state index contributed by atoms with van der Waals surface area (Å²) >= 11 is 0. The van der Waals surface area contributed by atoms with Crippen LogP contribution in [0.1, 0.15) is 38.9 Å². The van der Waals surface area contributed by atoms with E-state index in [9.17, 15) is 9.90 Å². The number of carbonyl (C=O) groups is 1. The van der Waals surface area contributed by atoms with Crippen molar-refractivity contribution in [1.82, 2.24) is 10.2 Å². The number of benzene rings is 1. The van der Waals surface area contributed by atoms with E-state index in [1.807, 2.05) is 51.1 Å². The van der Waals surface area contributed by atoms with Crippen molar-refractivity contribution in [3.8, 4) is 0 Å². The minimum Gasteiger partial charge on any atom is -0.388 e. The van der Waals surface area contributed by atoms with Gasteiger partial charge in [-0.1, -0.05) is 30.3 Å². The van der Waals surface area contributed by atoms with Crippen LogP contribution in [0.5, 0.6) is 0 Å². The van der Waals surface area contributed by atoms with Gasteiger partial charge >= 0.3 is 6.03 Å². The molecule has 0 spiro atoms. The Hall–Kier alpha value is -1.55. The van der Waals surface area contributed by atoms with Crippen molar-refractivity contribution in [2.45, 2.75) is 39.3 Å². The van der Waals surface area contributed by atoms with Crippen LogP contribution in [0.2, 0.25) is 0 Å². The van der Waals surface area contributed by atoms with E-state index < -0.39 is 6.10 Å². The number of nitrogens with one attached hydrogen (secondary N) is 1. The van der Waals surface area contributed by atoms with Crippen LogP contribution in [0.25, 0.3) is 0 Å². The standard InChI is InChI=1S/C15H24N2O2/c1-4-17(5-2)15(19)16-12(3)11-14(18)13-9-7-6-8-10-13/h6-10,12,14,18H,4-5,11H2,1-3H3,(H,16,19). The molecule has 0 aromatic heterocycles. The average molecular weight is 264 g/mol. The van der Waals surface area contributed by atoms with E-state index in [0.717, 1.165) is 5.56 Å². The molecular formula is C15H24N2O2. The second-order valence-electron chi connectivity index (χ2n) is 4.69. The van der Waals surface area contributed by atoms with E-state index >= 15 is 0 Å². The van der Waals surface area contributed by atoms with Gasteiger partial charge in [0.2, 0.25) is 0 Å². The molecule has 2 N–H and O–H groups in total. The lowest BCUT2D eigenvalue weighted by Crippen LogP contribution is -2.44. The zero-order valence-electron chi connectivity index (χ0n) is 12.0. The largest absolute Gasteiger partial charge is 0.388 e. The minimum absolute atomic E-state index is 0.0664. The molecule has 0 radical (unpaired) electrons. The van der Waals surface area contributed by atoms with Gasteiger partial charge in [0.05, 0.1) is 6.10 Å². The first-order valence-electron chi connectivity index (χ1n) is 6.86. The summed E-state index contributed by atoms with van der Waals surface area (Å²) in [5, 5.41) is 13.0. The van der Waals surface area contributed by atoms with Gasteiger partial charge in [0, 0.05) is 19.1 Å². The van der Waals surface area contributed by atoms with Crippen molar-refractivity contribution < 1.29 is 9.90 Å². The lowest BCUT2D eigenvalue weighted by Gasteiger charge is -2.24. The topological polar surface area (TPSA) is 52.6 Å². The van der Waals surface area contributed by atoms with Gasteiger partial charge in [-0.15, -0.1) is 0 Å². The van der Waals surface area contributed by atoms with Crippen LogP contribution in [0, 0.1) is 0 Å². The Morgan fingerprint density at radius 1 is 1.26 bits per heavy atom. The van der Waals surface area contributed by atoms with Crippen molar-refractivity contribution >= 4 is 6.03 Å². The van der Waals surface area contributed by atoms with Crippen LogP contribution < -0.4 is 5.32 Å². The molecule has 106 valence electrons. The number of hydrogen-bond acceptors (Lipinski definition) is 2. The Morgan fingerprint density at radius 2 is 1.84 bits per heavy atom. The summed E-state index contributed by atoms with van der Waals surface area (Å²) < 4.78 is 0. The molecule has 0 heterocycles. The van der Waals surface area contributed by atoms with Gasteiger partial charge in [-0.05, 0) is 32.8 Å². The van der Waals surface area contributed by atoms with Crippen LogP contribution in [-0.2, 0) is 0 Å². The third-order valence-electron chi connectivity index (χ3n) is 3.18. The molecule has 0 aliphatic heterocycles. The van der Waals surface area contributed by atoms with Gasteiger partial charge in [0.25, 0.3) is 0 Å². The third kappa shape index (κ3) is 4.91. The molecule has 2 unspecified atom stereocenters. The smallest absolute Gasteiger partial charge is 0.317 e. The molecule has 19 heavy (non-hydrogen) atoms. The van der Waals surface area contributed by atoms with E-state index in [1.165, 1.54) is 0 Å². The zero-order valence-corrected chi connectivity index (χ0v) is 12.0. The molecule has 2 atom stereocenters. The highest BCUT2D eigenvalue weighted by Gasteiger charge is 2.16. The number of aliphatic hydroxyl groups is 1. The quantitative estimate of drug-likeness (QED) is 0.829. The summed E-state index contributed by atoms with van der Waals surface area (Å²) in [5.41, 5.74) is 0.881. The van der Waals surface area contributed by atoms with E-state index in [4.69, 9.17) is 0 Å². The first-order chi connectivity index (χ1) is 9.08. The van der Waals surface area contributed by atoms with Gasteiger partial charge in [-0.3, -0.25) is 0 Å². The average Bonchev–Trinajstić information content (AvgIpc) is 2.40. The van der Waals surface area contributed by atoms with E-state index in [0.29, 0.717) is 19.5 Å². The molecule has 0 bridgehead atoms. The zero-order chi connectivity index (χ0) is 14.3. The highest BCUT2D eigenvalue weighted by atomic mass is 16.3. The van der Waals surface area contributed by atoms with E-state index in [2.05, 4.69) is 5.32 Å². The number of aliphatic hydroxyl groups excluding tert-OH is 1. The van der Waals surface area contributed by atoms with E-state index in [-0.39, 0.29) is 12.1 Å². The van der Waals surface area contributed by atoms with Crippen LogP contribution in [0.4, 0.5) is 4.79 Å². The number of hydrogen-bond donors (Lipinski definition) is 2. The lowest BCUT2D eigenvalue weighted by molar-refractivity contribution is 0.150. The molecule has 1 aromatic carbocycles. The van der Waals surface area contributed by atoms with Gasteiger partial charge in [-0.25, -0.2) is 4.79 Å². The highest BCUT2D eigenvalue weighted by molar-refractivity contribution is 5.74. The SMILES string of the molecule is CCN(CC)C(=O)NC(C)CC(O)c1ccccc1. The van der Waals surface area contributed by atoms with Crippen LogP contribution >= 0.6 is 0 Å². The summed E-state index contributed by atoms with van der Waals surface area (Å²) in [7, 11) is 0. The minimum atomic E-state index is -0.548. The number of amides is 2. The molecular weight excluding hydrogens is 240 g/mol. The predicted octanol–water partition coefficient (Wildman–Crippen LogP) is 2.55. The van der Waals surface area contributed by atoms with Gasteiger partial charge in [0.1, 0.15) is 0 Å². The Labute approximate surface area is 115 Å². The van der Waals surface area contributed by atoms with Crippen LogP contribution in [0.15, 0.2) is 30.3 Å². The molecule has 0 fully saturated rings. The summed E-state index contributed by atoms with van der Waals surface area (Å²) in [6.45, 7) is 7.19. The number of carbonyl (C=O) groups excluding carboxylic acids is 1. The molecule has 0 saturated carbocycles. The third-order valence-corrected chi connectivity index (χ3v) is 3.18. The van der Waals surface area contributed by atoms with Crippen molar-refractivity contribution in [3.63, 3.8) is 0 Å². The fraction of sp³-hybridized carbons (Fsp3) is 0.533. The van der Waals surface area contributed by atoms with Crippen LogP contribution in [0.3, 0.4) is 0 Å². The molecule has 4 heteroatoms. The molecule has 0 aliphatic rings. The Bertz CT molecular complexity index is 377. The maximum atomic E-state index is 11.9. The molecule has 0 saturated heterocycles. The summed E-state index contributed by atoms with van der Waals surface area (Å²) in [6.07, 6.45) is -0.0370. The monoisotopic (exact) mass is 264 g/mol.